The molecule has 0 amide bonds. The van der Waals surface area contributed by atoms with E-state index in [0.717, 1.165) is 0 Å². The fourth-order valence-corrected chi connectivity index (χ4v) is 1.29. The van der Waals surface area contributed by atoms with Crippen LogP contribution in [0.5, 0.6) is 0 Å². The molecule has 0 aromatic carbocycles. The van der Waals surface area contributed by atoms with E-state index in [1.807, 2.05) is 0 Å². The van der Waals surface area contributed by atoms with Crippen LogP contribution in [0, 0.1) is 0 Å². The van der Waals surface area contributed by atoms with E-state index in [-0.39, 0.29) is 6.20 Å². The van der Waals surface area contributed by atoms with Crippen LogP contribution < -0.4 is 0 Å². The van der Waals surface area contributed by atoms with Gasteiger partial charge in [0.2, 0.25) is 0 Å². The summed E-state index contributed by atoms with van der Waals surface area (Å²) in [6.45, 7) is 0. The van der Waals surface area contributed by atoms with E-state index in [1.54, 1.807) is 5.10 Å². The third kappa shape index (κ3) is 1.98. The molecule has 0 aliphatic carbocycles. The van der Waals surface area contributed by atoms with E-state index in [9.17, 15) is 21.6 Å². The number of aromatic nitrogens is 2. The number of hydrogen-bond acceptors (Lipinski definition) is 3. The maximum absolute atomic E-state index is 12.0. The molecule has 1 aromatic rings. The van der Waals surface area contributed by atoms with Crippen molar-refractivity contribution in [3.05, 3.63) is 11.8 Å². The Bertz CT molecular complexity index is 407. The van der Waals surface area contributed by atoms with Crippen molar-refractivity contribution in [3.8, 4) is 0 Å². The van der Waals surface area contributed by atoms with Crippen molar-refractivity contribution in [3.63, 3.8) is 0 Å². The van der Waals surface area contributed by atoms with E-state index in [2.05, 4.69) is 5.10 Å². The van der Waals surface area contributed by atoms with Crippen molar-refractivity contribution in [2.45, 2.75) is 11.2 Å². The van der Waals surface area contributed by atoms with Gasteiger partial charge in [0, 0.05) is 0 Å². The molecule has 1 aromatic heterocycles. The minimum Gasteiger partial charge on any atom is -0.281 e. The minimum absolute atomic E-state index is 0.281. The van der Waals surface area contributed by atoms with Crippen molar-refractivity contribution in [2.24, 2.45) is 0 Å². The summed E-state index contributed by atoms with van der Waals surface area (Å²) >= 11 is 0. The highest BCUT2D eigenvalue weighted by molar-refractivity contribution is 7.85. The lowest BCUT2D eigenvalue weighted by Crippen LogP contribution is -2.11. The maximum Gasteiger partial charge on any atom is 0.420 e. The van der Waals surface area contributed by atoms with Crippen LogP contribution in [0.2, 0.25) is 0 Å². The van der Waals surface area contributed by atoms with Crippen LogP contribution in [0.1, 0.15) is 5.56 Å². The standard InChI is InChI=1S/C4H3F3N2O3S/c5-4(6,7)2-1-8-9-3(2)13(10,11)12/h1H,(H,8,9)(H,10,11,12). The van der Waals surface area contributed by atoms with E-state index in [4.69, 9.17) is 4.55 Å². The van der Waals surface area contributed by atoms with E-state index in [0.29, 0.717) is 0 Å². The minimum atomic E-state index is -4.91. The monoisotopic (exact) mass is 216 g/mol. The number of hydrogen-bond donors (Lipinski definition) is 2. The third-order valence-electron chi connectivity index (χ3n) is 1.17. The first-order chi connectivity index (χ1) is 5.73. The molecule has 9 heteroatoms. The molecule has 0 aliphatic heterocycles. The van der Waals surface area contributed by atoms with Gasteiger partial charge in [0.25, 0.3) is 0 Å². The average molecular weight is 216 g/mol. The Labute approximate surface area is 70.3 Å². The predicted octanol–water partition coefficient (Wildman–Crippen LogP) is 0.675. The molecule has 74 valence electrons. The topological polar surface area (TPSA) is 83.0 Å². The van der Waals surface area contributed by atoms with Gasteiger partial charge >= 0.3 is 16.3 Å². The van der Waals surface area contributed by atoms with Crippen LogP contribution in [-0.4, -0.2) is 23.2 Å². The van der Waals surface area contributed by atoms with Gasteiger partial charge in [-0.05, 0) is 0 Å². The molecular formula is C4H3F3N2O3S. The van der Waals surface area contributed by atoms with Gasteiger partial charge in [0.15, 0.2) is 5.03 Å². The van der Waals surface area contributed by atoms with Crippen LogP contribution in [0.15, 0.2) is 11.2 Å². The van der Waals surface area contributed by atoms with Crippen molar-refractivity contribution in [2.75, 3.05) is 0 Å². The molecule has 0 bridgehead atoms. The number of nitrogens with one attached hydrogen (secondary N) is 1. The van der Waals surface area contributed by atoms with Crippen LogP contribution in [0.4, 0.5) is 13.2 Å². The summed E-state index contributed by atoms with van der Waals surface area (Å²) in [5.41, 5.74) is -1.52. The highest BCUT2D eigenvalue weighted by Crippen LogP contribution is 2.32. The lowest BCUT2D eigenvalue weighted by Gasteiger charge is -2.03. The quantitative estimate of drug-likeness (QED) is 0.676. The molecule has 0 saturated heterocycles. The lowest BCUT2D eigenvalue weighted by atomic mass is 10.4. The van der Waals surface area contributed by atoms with Crippen LogP contribution >= 0.6 is 0 Å². The summed E-state index contributed by atoms with van der Waals surface area (Å²) in [6, 6.07) is 0. The number of aromatic amines is 1. The molecule has 1 rings (SSSR count). The normalized spacial score (nSPS) is 13.2. The van der Waals surface area contributed by atoms with E-state index < -0.39 is 26.9 Å². The van der Waals surface area contributed by atoms with Crippen molar-refractivity contribution in [1.82, 2.24) is 10.2 Å². The Balaban J connectivity index is 3.35. The largest absolute Gasteiger partial charge is 0.420 e. The molecule has 0 fully saturated rings. The van der Waals surface area contributed by atoms with Crippen LogP contribution in [-0.2, 0) is 16.3 Å². The number of H-pyrrole nitrogens is 1. The summed E-state index contributed by atoms with van der Waals surface area (Å²) in [4.78, 5) is 0. The highest BCUT2D eigenvalue weighted by atomic mass is 32.2. The number of nitrogens with zero attached hydrogens (tertiary/aromatic N) is 1. The Hall–Kier alpha value is -1.09. The second-order valence-corrected chi connectivity index (χ2v) is 3.44. The summed E-state index contributed by atoms with van der Waals surface area (Å²) in [7, 11) is -4.91. The van der Waals surface area contributed by atoms with Gasteiger partial charge in [-0.2, -0.15) is 26.7 Å². The van der Waals surface area contributed by atoms with Gasteiger partial charge in [0.1, 0.15) is 5.56 Å². The molecule has 0 spiro atoms. The zero-order chi connectivity index (χ0) is 10.3. The van der Waals surface area contributed by atoms with Crippen molar-refractivity contribution in [1.29, 1.82) is 0 Å². The second-order valence-electron chi connectivity index (χ2n) is 2.09. The molecule has 13 heavy (non-hydrogen) atoms. The Morgan fingerprint density at radius 3 is 2.31 bits per heavy atom. The van der Waals surface area contributed by atoms with Crippen molar-refractivity contribution < 1.29 is 26.1 Å². The molecule has 5 nitrogen and oxygen atoms in total. The van der Waals surface area contributed by atoms with E-state index in [1.165, 1.54) is 0 Å². The number of halogens is 3. The molecule has 1 heterocycles. The first-order valence-electron chi connectivity index (χ1n) is 2.81. The van der Waals surface area contributed by atoms with Crippen molar-refractivity contribution >= 4 is 10.1 Å². The third-order valence-corrected chi connectivity index (χ3v) is 1.99. The molecule has 0 radical (unpaired) electrons. The fraction of sp³-hybridized carbons (Fsp3) is 0.250. The zero-order valence-corrected chi connectivity index (χ0v) is 6.65. The Morgan fingerprint density at radius 2 is 2.00 bits per heavy atom. The van der Waals surface area contributed by atoms with Gasteiger partial charge in [-0.1, -0.05) is 0 Å². The summed E-state index contributed by atoms with van der Waals surface area (Å²) in [6.07, 6.45) is -4.58. The molecule has 0 atom stereocenters. The number of rotatable bonds is 1. The first kappa shape index (κ1) is 9.99. The maximum atomic E-state index is 12.0. The van der Waals surface area contributed by atoms with Crippen LogP contribution in [0.3, 0.4) is 0 Å². The second kappa shape index (κ2) is 2.70. The predicted molar refractivity (Wildman–Crippen MR) is 33.4 cm³/mol. The van der Waals surface area contributed by atoms with Crippen LogP contribution in [0.25, 0.3) is 0 Å². The summed E-state index contributed by atoms with van der Waals surface area (Å²) in [5, 5.41) is 3.07. The summed E-state index contributed by atoms with van der Waals surface area (Å²) < 4.78 is 64.9. The molecular weight excluding hydrogens is 213 g/mol. The first-order valence-corrected chi connectivity index (χ1v) is 4.25. The fourth-order valence-electron chi connectivity index (χ4n) is 0.673. The molecule has 0 unspecified atom stereocenters. The molecule has 2 N–H and O–H groups in total. The Kier molecular flexibility index (Phi) is 2.08. The molecule has 0 saturated carbocycles. The molecule has 0 aliphatic rings. The van der Waals surface area contributed by atoms with Gasteiger partial charge in [-0.25, -0.2) is 0 Å². The smallest absolute Gasteiger partial charge is 0.281 e. The Morgan fingerprint density at radius 1 is 1.46 bits per heavy atom. The zero-order valence-electron chi connectivity index (χ0n) is 5.83. The van der Waals surface area contributed by atoms with E-state index >= 15 is 0 Å². The SMILES string of the molecule is O=S(=O)(O)c1[nH]ncc1C(F)(F)F. The lowest BCUT2D eigenvalue weighted by molar-refractivity contribution is -0.140. The van der Waals surface area contributed by atoms with Gasteiger partial charge < -0.3 is 0 Å². The number of alkyl halides is 3. The van der Waals surface area contributed by atoms with Gasteiger partial charge in [0.05, 0.1) is 6.20 Å². The van der Waals surface area contributed by atoms with Gasteiger partial charge in [-0.15, -0.1) is 0 Å². The van der Waals surface area contributed by atoms with Gasteiger partial charge in [-0.3, -0.25) is 9.65 Å². The summed E-state index contributed by atoms with van der Waals surface area (Å²) in [5.74, 6) is 0. The highest BCUT2D eigenvalue weighted by Gasteiger charge is 2.38. The average Bonchev–Trinajstić information content (AvgIpc) is 2.27.